The number of hydrogen-bond acceptors (Lipinski definition) is 13. The topological polar surface area (TPSA) is 324 Å². The van der Waals surface area contributed by atoms with Gasteiger partial charge in [0, 0.05) is 25.9 Å². The Kier molecular flexibility index (Phi) is 28.8. The van der Waals surface area contributed by atoms with E-state index in [2.05, 4.69) is 64.0 Å². The van der Waals surface area contributed by atoms with E-state index >= 15 is 0 Å². The molecule has 3 rings (SSSR count). The minimum atomic E-state index is -1.62. The molecule has 14 N–H and O–H groups in total. The first kappa shape index (κ1) is 69.0. The third kappa shape index (κ3) is 23.3. The van der Waals surface area contributed by atoms with E-state index in [1.165, 1.54) is 41.5 Å². The van der Waals surface area contributed by atoms with Crippen LogP contribution in [0.5, 0.6) is 0 Å². The molecule has 0 aliphatic heterocycles. The summed E-state index contributed by atoms with van der Waals surface area (Å²) in [4.78, 5) is 123. The van der Waals surface area contributed by atoms with E-state index in [1.807, 2.05) is 66.7 Å². The smallest absolute Gasteiger partial charge is 0.246 e. The minimum Gasteiger partial charge on any atom is -0.350 e. The first-order valence-electron chi connectivity index (χ1n) is 28.6. The first-order chi connectivity index (χ1) is 38.8. The Bertz CT molecular complexity index is 2540. The summed E-state index contributed by atoms with van der Waals surface area (Å²) in [6.45, 7) is 18.3. The van der Waals surface area contributed by atoms with Crippen molar-refractivity contribution in [3.63, 3.8) is 0 Å². The van der Waals surface area contributed by atoms with Crippen LogP contribution in [-0.4, -0.2) is 139 Å². The van der Waals surface area contributed by atoms with Crippen molar-refractivity contribution in [2.45, 2.75) is 173 Å². The summed E-state index contributed by atoms with van der Waals surface area (Å²) in [5.41, 5.74) is 7.22. The van der Waals surface area contributed by atoms with Gasteiger partial charge in [0.25, 0.3) is 0 Å². The number of carbonyl (C=O) groups is 9. The monoisotopic (exact) mass is 1140 g/mol. The van der Waals surface area contributed by atoms with Crippen molar-refractivity contribution in [2.75, 3.05) is 39.3 Å². The van der Waals surface area contributed by atoms with Crippen molar-refractivity contribution < 1.29 is 43.2 Å². The van der Waals surface area contributed by atoms with Crippen LogP contribution in [0.2, 0.25) is 0 Å². The zero-order valence-corrected chi connectivity index (χ0v) is 49.8. The molecule has 0 bridgehead atoms. The number of rotatable bonds is 37. The lowest BCUT2D eigenvalue weighted by Crippen LogP contribution is -2.67. The molecule has 0 aliphatic carbocycles. The number of benzene rings is 3. The second kappa shape index (κ2) is 34.2. The fourth-order valence-corrected chi connectivity index (χ4v) is 8.40. The summed E-state index contributed by atoms with van der Waals surface area (Å²) in [7, 11) is 0. The van der Waals surface area contributed by atoms with Crippen molar-refractivity contribution in [3.05, 3.63) is 108 Å². The molecule has 0 aliphatic rings. The van der Waals surface area contributed by atoms with Gasteiger partial charge < -0.3 is 58.9 Å². The van der Waals surface area contributed by atoms with E-state index in [4.69, 9.17) is 5.73 Å². The SMILES string of the molecule is CC[C@@](C)(NC(=O)[C@H](C)NC(=O)C(C)(C)NC(=O)[C@](C)(CC)NC(=O)[C@H](Cc1ccccc1)NNC(C)=O)C(=O)NCC(=O)N[C@@H](Cc1ccccc1)C(=O)N[C@@](C)(CC)C(=O)N[C@H](CNCCCNCCCCN)Cc1ccccc1. The normalized spacial score (nSPS) is 15.0. The lowest BCUT2D eigenvalue weighted by molar-refractivity contribution is -0.139. The molecule has 7 atom stereocenters. The molecule has 0 saturated heterocycles. The molecule has 9 amide bonds. The maximum absolute atomic E-state index is 14.3. The fraction of sp³-hybridized carbons (Fsp3) is 0.550. The van der Waals surface area contributed by atoms with Gasteiger partial charge in [0.05, 0.1) is 6.54 Å². The van der Waals surface area contributed by atoms with Gasteiger partial charge in [0.1, 0.15) is 40.3 Å². The Balaban J connectivity index is 1.65. The van der Waals surface area contributed by atoms with Crippen LogP contribution < -0.4 is 69.8 Å². The van der Waals surface area contributed by atoms with Crippen LogP contribution in [0.25, 0.3) is 0 Å². The maximum atomic E-state index is 14.3. The predicted octanol–water partition coefficient (Wildman–Crippen LogP) is 1.37. The summed E-state index contributed by atoms with van der Waals surface area (Å²) in [6.07, 6.45) is 4.08. The van der Waals surface area contributed by atoms with E-state index in [0.717, 1.165) is 55.6 Å². The predicted molar refractivity (Wildman–Crippen MR) is 317 cm³/mol. The average Bonchev–Trinajstić information content (AvgIpc) is 3.58. The highest BCUT2D eigenvalue weighted by Gasteiger charge is 2.42. The van der Waals surface area contributed by atoms with Gasteiger partial charge in [-0.3, -0.25) is 48.6 Å². The fourth-order valence-electron chi connectivity index (χ4n) is 8.40. The van der Waals surface area contributed by atoms with Crippen LogP contribution in [0.15, 0.2) is 91.0 Å². The molecule has 0 unspecified atom stereocenters. The highest BCUT2D eigenvalue weighted by atomic mass is 16.2. The summed E-state index contributed by atoms with van der Waals surface area (Å²) in [5, 5.41) is 29.0. The van der Waals surface area contributed by atoms with Crippen LogP contribution in [-0.2, 0) is 62.4 Å². The molecule has 3 aromatic rings. The quantitative estimate of drug-likeness (QED) is 0.0287. The van der Waals surface area contributed by atoms with E-state index in [-0.39, 0.29) is 38.1 Å². The summed E-state index contributed by atoms with van der Waals surface area (Å²) in [5.74, 6) is -5.64. The number of carbonyl (C=O) groups excluding carboxylic acids is 9. The Morgan fingerprint density at radius 3 is 1.49 bits per heavy atom. The number of unbranched alkanes of at least 4 members (excludes halogenated alkanes) is 1. The zero-order valence-electron chi connectivity index (χ0n) is 49.8. The van der Waals surface area contributed by atoms with Gasteiger partial charge >= 0.3 is 0 Å². The number of nitrogens with one attached hydrogen (secondary N) is 12. The first-order valence-corrected chi connectivity index (χ1v) is 28.6. The number of amides is 9. The van der Waals surface area contributed by atoms with E-state index in [1.54, 1.807) is 52.0 Å². The van der Waals surface area contributed by atoms with E-state index in [9.17, 15) is 43.2 Å². The second-order valence-corrected chi connectivity index (χ2v) is 22.0. The molecule has 0 heterocycles. The lowest BCUT2D eigenvalue weighted by Gasteiger charge is -2.35. The lowest BCUT2D eigenvalue weighted by atomic mass is 9.93. The van der Waals surface area contributed by atoms with Crippen molar-refractivity contribution in [2.24, 2.45) is 5.73 Å². The maximum Gasteiger partial charge on any atom is 0.246 e. The number of hydrazine groups is 1. The molecule has 0 radical (unpaired) electrons. The minimum absolute atomic E-state index is 0.0614. The Morgan fingerprint density at radius 2 is 0.963 bits per heavy atom. The van der Waals surface area contributed by atoms with Gasteiger partial charge in [0.15, 0.2) is 0 Å². The van der Waals surface area contributed by atoms with Crippen molar-refractivity contribution >= 4 is 53.2 Å². The molecule has 0 spiro atoms. The third-order valence-electron chi connectivity index (χ3n) is 14.5. The highest BCUT2D eigenvalue weighted by Crippen LogP contribution is 2.17. The van der Waals surface area contributed by atoms with Crippen molar-refractivity contribution in [1.82, 2.24) is 64.0 Å². The van der Waals surface area contributed by atoms with Gasteiger partial charge in [-0.1, -0.05) is 112 Å². The molecule has 22 nitrogen and oxygen atoms in total. The molecule has 0 fully saturated rings. The summed E-state index contributed by atoms with van der Waals surface area (Å²) < 4.78 is 0. The largest absolute Gasteiger partial charge is 0.350 e. The Labute approximate surface area is 484 Å². The van der Waals surface area contributed by atoms with Crippen molar-refractivity contribution in [1.29, 1.82) is 0 Å². The number of nitrogens with two attached hydrogens (primary N) is 1. The van der Waals surface area contributed by atoms with Crippen LogP contribution in [0.1, 0.15) is 124 Å². The number of hydrogen-bond donors (Lipinski definition) is 13. The summed E-state index contributed by atoms with van der Waals surface area (Å²) >= 11 is 0. The van der Waals surface area contributed by atoms with Crippen LogP contribution >= 0.6 is 0 Å². The highest BCUT2D eigenvalue weighted by molar-refractivity contribution is 6.00. The summed E-state index contributed by atoms with van der Waals surface area (Å²) in [6, 6.07) is 24.3. The zero-order chi connectivity index (χ0) is 60.9. The van der Waals surface area contributed by atoms with Crippen LogP contribution in [0.4, 0.5) is 0 Å². The molecule has 452 valence electrons. The van der Waals surface area contributed by atoms with Gasteiger partial charge in [-0.25, -0.2) is 5.43 Å². The average molecular weight is 1140 g/mol. The Hall–Kier alpha value is -7.27. The van der Waals surface area contributed by atoms with Crippen LogP contribution in [0, 0.1) is 0 Å². The second-order valence-electron chi connectivity index (χ2n) is 22.0. The van der Waals surface area contributed by atoms with E-state index in [0.29, 0.717) is 19.5 Å². The van der Waals surface area contributed by atoms with Gasteiger partial charge in [-0.15, -0.1) is 0 Å². The van der Waals surface area contributed by atoms with Gasteiger partial charge in [0.2, 0.25) is 53.2 Å². The molecular weight excluding hydrogens is 1050 g/mol. The van der Waals surface area contributed by atoms with Crippen molar-refractivity contribution in [3.8, 4) is 0 Å². The Morgan fingerprint density at radius 1 is 0.500 bits per heavy atom. The molecule has 22 heteroatoms. The van der Waals surface area contributed by atoms with E-state index < -0.39 is 100.0 Å². The van der Waals surface area contributed by atoms with Gasteiger partial charge in [-0.2, -0.15) is 0 Å². The standard InChI is InChI=1S/C60H93N13O9/c1-11-58(8,68-50(76)41(4)65-53(79)57(6,7)71-56(82)60(10,13-3)70-52(78)48(73-72-42(5)74)38-45-30-21-16-22-31-45)54(80)64-40-49(75)67-47(37-44-28-19-15-20-29-44)51(77)69-59(9,12-2)55(81)66-46(36-43-26-17-14-18-27-43)39-63-35-25-34-62-33-24-23-32-61/h14-22,26-31,41,46-48,62-63,73H,11-13,23-25,32-40,61H2,1-10H3,(H,64,80)(H,65,79)(H,66,81)(H,67,75)(H,68,76)(H,69,77)(H,70,78)(H,71,82)(H,72,74)/t41-,46-,47-,48-,58+,59-,60-/m0/s1. The molecular formula is C60H93N13O9. The molecule has 0 saturated carbocycles. The van der Waals surface area contributed by atoms with Gasteiger partial charge in [-0.05, 0) is 136 Å². The molecule has 3 aromatic carbocycles. The third-order valence-corrected chi connectivity index (χ3v) is 14.5. The van der Waals surface area contributed by atoms with Crippen LogP contribution in [0.3, 0.4) is 0 Å². The molecule has 0 aromatic heterocycles. The molecule has 82 heavy (non-hydrogen) atoms.